The van der Waals surface area contributed by atoms with Gasteiger partial charge in [-0.25, -0.2) is 0 Å². The van der Waals surface area contributed by atoms with Crippen LogP contribution in [0.25, 0.3) is 0 Å². The molecule has 106 valence electrons. The normalized spacial score (nSPS) is 10.4. The second-order valence-corrected chi connectivity index (χ2v) is 6.33. The Labute approximate surface area is 140 Å². The molecule has 2 aromatic carbocycles. The first kappa shape index (κ1) is 15.7. The fourth-order valence-corrected chi connectivity index (χ4v) is 3.50. The average molecular weight is 420 g/mol. The summed E-state index contributed by atoms with van der Waals surface area (Å²) in [5.74, 6) is 0.832. The van der Waals surface area contributed by atoms with Crippen LogP contribution in [0.5, 0.6) is 5.75 Å². The van der Waals surface area contributed by atoms with Gasteiger partial charge >= 0.3 is 0 Å². The minimum Gasteiger partial charge on any atom is -0.492 e. The molecule has 0 aromatic heterocycles. The van der Waals surface area contributed by atoms with E-state index >= 15 is 0 Å². The molecule has 0 radical (unpaired) electrons. The average Bonchev–Trinajstić information content (AvgIpc) is 2.41. The molecule has 2 rings (SSSR count). The van der Waals surface area contributed by atoms with Crippen molar-refractivity contribution in [3.8, 4) is 5.75 Å². The van der Waals surface area contributed by atoms with Crippen molar-refractivity contribution >= 4 is 49.1 Å². The zero-order chi connectivity index (χ0) is 14.5. The second kappa shape index (κ2) is 7.34. The standard InChI is InChI=1S/C15H14Br2ClNO/c1-2-20-15-13(16)6-10(7-14(15)17)9-19-12-5-3-4-11(18)8-12/h3-8,19H,2,9H2,1H3. The topological polar surface area (TPSA) is 21.3 Å². The lowest BCUT2D eigenvalue weighted by atomic mass is 10.2. The molecule has 5 heteroatoms. The molecule has 2 aromatic rings. The molecule has 0 bridgehead atoms. The zero-order valence-corrected chi connectivity index (χ0v) is 14.8. The van der Waals surface area contributed by atoms with E-state index in [1.165, 1.54) is 0 Å². The smallest absolute Gasteiger partial charge is 0.147 e. The molecule has 0 saturated heterocycles. The maximum atomic E-state index is 5.96. The highest BCUT2D eigenvalue weighted by Crippen LogP contribution is 2.35. The highest BCUT2D eigenvalue weighted by molar-refractivity contribution is 9.11. The summed E-state index contributed by atoms with van der Waals surface area (Å²) in [6, 6.07) is 11.8. The van der Waals surface area contributed by atoms with E-state index in [4.69, 9.17) is 16.3 Å². The molecule has 20 heavy (non-hydrogen) atoms. The van der Waals surface area contributed by atoms with Gasteiger partial charge in [-0.05, 0) is 74.7 Å². The van der Waals surface area contributed by atoms with Gasteiger partial charge in [0.1, 0.15) is 5.75 Å². The van der Waals surface area contributed by atoms with E-state index in [1.807, 2.05) is 43.3 Å². The van der Waals surface area contributed by atoms with Crippen LogP contribution in [0.15, 0.2) is 45.3 Å². The lowest BCUT2D eigenvalue weighted by molar-refractivity contribution is 0.336. The maximum Gasteiger partial charge on any atom is 0.147 e. The molecule has 0 saturated carbocycles. The van der Waals surface area contributed by atoms with Crippen LogP contribution in [0.1, 0.15) is 12.5 Å². The van der Waals surface area contributed by atoms with E-state index in [0.29, 0.717) is 13.2 Å². The molecule has 2 nitrogen and oxygen atoms in total. The van der Waals surface area contributed by atoms with Gasteiger partial charge in [-0.1, -0.05) is 17.7 Å². The number of rotatable bonds is 5. The van der Waals surface area contributed by atoms with E-state index in [-0.39, 0.29) is 0 Å². The van der Waals surface area contributed by atoms with E-state index < -0.39 is 0 Å². The predicted octanol–water partition coefficient (Wildman–Crippen LogP) is 5.88. The summed E-state index contributed by atoms with van der Waals surface area (Å²) >= 11 is 13.0. The minimum atomic E-state index is 0.636. The Hall–Kier alpha value is -0.710. The lowest BCUT2D eigenvalue weighted by Gasteiger charge is -2.12. The third kappa shape index (κ3) is 4.14. The van der Waals surface area contributed by atoms with Crippen molar-refractivity contribution < 1.29 is 4.74 Å². The highest BCUT2D eigenvalue weighted by Gasteiger charge is 2.08. The van der Waals surface area contributed by atoms with Crippen LogP contribution in [-0.2, 0) is 6.54 Å². The van der Waals surface area contributed by atoms with Gasteiger partial charge in [-0.3, -0.25) is 0 Å². The predicted molar refractivity (Wildman–Crippen MR) is 91.8 cm³/mol. The van der Waals surface area contributed by atoms with Crippen LogP contribution in [0, 0.1) is 0 Å². The summed E-state index contributed by atoms with van der Waals surface area (Å²) in [5.41, 5.74) is 2.14. The summed E-state index contributed by atoms with van der Waals surface area (Å²) in [6.07, 6.45) is 0. The number of hydrogen-bond donors (Lipinski definition) is 1. The van der Waals surface area contributed by atoms with Crippen molar-refractivity contribution in [2.75, 3.05) is 11.9 Å². The Morgan fingerprint density at radius 2 is 1.85 bits per heavy atom. The van der Waals surface area contributed by atoms with E-state index in [0.717, 1.165) is 31.0 Å². The molecule has 0 aliphatic rings. The number of ether oxygens (including phenoxy) is 1. The molecule has 0 fully saturated rings. The fourth-order valence-electron chi connectivity index (χ4n) is 1.80. The van der Waals surface area contributed by atoms with Crippen molar-refractivity contribution in [2.45, 2.75) is 13.5 Å². The largest absolute Gasteiger partial charge is 0.492 e. The van der Waals surface area contributed by atoms with E-state index in [9.17, 15) is 0 Å². The van der Waals surface area contributed by atoms with Crippen molar-refractivity contribution in [1.29, 1.82) is 0 Å². The summed E-state index contributed by atoms with van der Waals surface area (Å²) in [4.78, 5) is 0. The Kier molecular flexibility index (Phi) is 5.75. The van der Waals surface area contributed by atoms with Crippen LogP contribution >= 0.6 is 43.5 Å². The van der Waals surface area contributed by atoms with Gasteiger partial charge in [-0.2, -0.15) is 0 Å². The quantitative estimate of drug-likeness (QED) is 0.654. The molecule has 1 N–H and O–H groups in total. The summed E-state index contributed by atoms with van der Waals surface area (Å²) < 4.78 is 7.45. The van der Waals surface area contributed by atoms with Crippen LogP contribution in [0.3, 0.4) is 0 Å². The van der Waals surface area contributed by atoms with Gasteiger partial charge < -0.3 is 10.1 Å². The molecule has 0 spiro atoms. The van der Waals surface area contributed by atoms with Crippen molar-refractivity contribution in [2.24, 2.45) is 0 Å². The highest BCUT2D eigenvalue weighted by atomic mass is 79.9. The molecular weight excluding hydrogens is 405 g/mol. The van der Waals surface area contributed by atoms with Crippen molar-refractivity contribution in [3.05, 3.63) is 55.9 Å². The Bertz CT molecular complexity index is 581. The number of nitrogens with one attached hydrogen (secondary N) is 1. The van der Waals surface area contributed by atoms with Crippen LogP contribution < -0.4 is 10.1 Å². The van der Waals surface area contributed by atoms with E-state index in [1.54, 1.807) is 0 Å². The second-order valence-electron chi connectivity index (χ2n) is 4.19. The zero-order valence-electron chi connectivity index (χ0n) is 10.9. The van der Waals surface area contributed by atoms with Crippen LogP contribution in [0.4, 0.5) is 5.69 Å². The Morgan fingerprint density at radius 1 is 1.15 bits per heavy atom. The Balaban J connectivity index is 2.10. The first-order valence-electron chi connectivity index (χ1n) is 6.20. The molecule has 0 unspecified atom stereocenters. The third-order valence-electron chi connectivity index (χ3n) is 2.67. The van der Waals surface area contributed by atoms with Crippen molar-refractivity contribution in [3.63, 3.8) is 0 Å². The number of anilines is 1. The third-order valence-corrected chi connectivity index (χ3v) is 4.08. The summed E-state index contributed by atoms with van der Waals surface area (Å²) in [5, 5.41) is 4.07. The fraction of sp³-hybridized carbons (Fsp3) is 0.200. The monoisotopic (exact) mass is 417 g/mol. The van der Waals surface area contributed by atoms with Gasteiger partial charge in [0.15, 0.2) is 0 Å². The van der Waals surface area contributed by atoms with Crippen LogP contribution in [0.2, 0.25) is 5.02 Å². The molecule has 0 aliphatic carbocycles. The van der Waals surface area contributed by atoms with Crippen LogP contribution in [-0.4, -0.2) is 6.61 Å². The minimum absolute atomic E-state index is 0.636. The summed E-state index contributed by atoms with van der Waals surface area (Å²) in [6.45, 7) is 3.31. The van der Waals surface area contributed by atoms with Gasteiger partial charge in [0.25, 0.3) is 0 Å². The lowest BCUT2D eigenvalue weighted by Crippen LogP contribution is -2.01. The first-order valence-corrected chi connectivity index (χ1v) is 8.16. The number of hydrogen-bond acceptors (Lipinski definition) is 2. The van der Waals surface area contributed by atoms with Gasteiger partial charge in [-0.15, -0.1) is 0 Å². The number of halogens is 3. The number of benzene rings is 2. The van der Waals surface area contributed by atoms with Gasteiger partial charge in [0.05, 0.1) is 15.6 Å². The molecular formula is C15H14Br2ClNO. The molecule has 0 amide bonds. The molecule has 0 heterocycles. The SMILES string of the molecule is CCOc1c(Br)cc(CNc2cccc(Cl)c2)cc1Br. The molecule has 0 atom stereocenters. The van der Waals surface area contributed by atoms with E-state index in [2.05, 4.69) is 37.2 Å². The van der Waals surface area contributed by atoms with Gasteiger partial charge in [0.2, 0.25) is 0 Å². The molecule has 0 aliphatic heterocycles. The summed E-state index contributed by atoms with van der Waals surface area (Å²) in [7, 11) is 0. The Morgan fingerprint density at radius 3 is 2.45 bits per heavy atom. The first-order chi connectivity index (χ1) is 9.60. The van der Waals surface area contributed by atoms with Gasteiger partial charge in [0, 0.05) is 17.3 Å². The maximum absolute atomic E-state index is 5.96. The van der Waals surface area contributed by atoms with Crippen molar-refractivity contribution in [1.82, 2.24) is 0 Å².